The van der Waals surface area contributed by atoms with E-state index in [0.29, 0.717) is 6.42 Å². The fourth-order valence-electron chi connectivity index (χ4n) is 3.12. The van der Waals surface area contributed by atoms with E-state index >= 15 is 0 Å². The Bertz CT molecular complexity index is 894. The SMILES string of the molecule is CCC(C(=O)O)c1ccc(Sc2cccc(NCCc3ccccc3)c2)cc1. The first kappa shape index (κ1) is 20.0. The molecule has 0 fully saturated rings. The number of hydrogen-bond acceptors (Lipinski definition) is 3. The van der Waals surface area contributed by atoms with Gasteiger partial charge in [0.1, 0.15) is 0 Å². The van der Waals surface area contributed by atoms with E-state index in [4.69, 9.17) is 0 Å². The summed E-state index contributed by atoms with van der Waals surface area (Å²) in [5.41, 5.74) is 3.29. The van der Waals surface area contributed by atoms with Crippen LogP contribution in [0.15, 0.2) is 88.7 Å². The van der Waals surface area contributed by atoms with Crippen molar-refractivity contribution in [2.45, 2.75) is 35.5 Å². The lowest BCUT2D eigenvalue weighted by Gasteiger charge is -2.11. The Labute approximate surface area is 170 Å². The van der Waals surface area contributed by atoms with Gasteiger partial charge in [-0.05, 0) is 54.3 Å². The number of carbonyl (C=O) groups is 1. The number of hydrogen-bond donors (Lipinski definition) is 2. The molecule has 0 radical (unpaired) electrons. The van der Waals surface area contributed by atoms with E-state index in [-0.39, 0.29) is 0 Å². The largest absolute Gasteiger partial charge is 0.481 e. The highest BCUT2D eigenvalue weighted by molar-refractivity contribution is 7.99. The van der Waals surface area contributed by atoms with Crippen LogP contribution in [-0.4, -0.2) is 17.6 Å². The summed E-state index contributed by atoms with van der Waals surface area (Å²) in [6.07, 6.45) is 1.58. The van der Waals surface area contributed by atoms with E-state index < -0.39 is 11.9 Å². The van der Waals surface area contributed by atoms with Crippen LogP contribution in [0.2, 0.25) is 0 Å². The lowest BCUT2D eigenvalue weighted by atomic mass is 9.97. The second-order valence-electron chi connectivity index (χ2n) is 6.66. The Morgan fingerprint density at radius 3 is 2.39 bits per heavy atom. The molecule has 0 heterocycles. The highest BCUT2D eigenvalue weighted by Gasteiger charge is 2.17. The zero-order valence-corrected chi connectivity index (χ0v) is 16.8. The Morgan fingerprint density at radius 1 is 0.964 bits per heavy atom. The van der Waals surface area contributed by atoms with Crippen molar-refractivity contribution >= 4 is 23.4 Å². The highest BCUT2D eigenvalue weighted by Crippen LogP contribution is 2.31. The highest BCUT2D eigenvalue weighted by atomic mass is 32.2. The van der Waals surface area contributed by atoms with Gasteiger partial charge in [0.15, 0.2) is 0 Å². The minimum absolute atomic E-state index is 0.434. The summed E-state index contributed by atoms with van der Waals surface area (Å²) in [7, 11) is 0. The van der Waals surface area contributed by atoms with E-state index in [1.54, 1.807) is 11.8 Å². The number of benzene rings is 3. The second kappa shape index (κ2) is 10.00. The van der Waals surface area contributed by atoms with Gasteiger partial charge in [-0.2, -0.15) is 0 Å². The van der Waals surface area contributed by atoms with E-state index in [1.807, 2.05) is 37.3 Å². The maximum atomic E-state index is 11.3. The van der Waals surface area contributed by atoms with E-state index in [2.05, 4.69) is 53.8 Å². The van der Waals surface area contributed by atoms with Crippen molar-refractivity contribution in [1.82, 2.24) is 0 Å². The molecule has 3 rings (SSSR count). The van der Waals surface area contributed by atoms with Crippen molar-refractivity contribution in [3.8, 4) is 0 Å². The third-order valence-corrected chi connectivity index (χ3v) is 5.64. The first-order valence-corrected chi connectivity index (χ1v) is 10.4. The summed E-state index contributed by atoms with van der Waals surface area (Å²) in [5.74, 6) is -1.20. The average molecular weight is 392 g/mol. The van der Waals surface area contributed by atoms with Gasteiger partial charge in [-0.25, -0.2) is 0 Å². The zero-order valence-electron chi connectivity index (χ0n) is 16.0. The van der Waals surface area contributed by atoms with Crippen LogP contribution in [0, 0.1) is 0 Å². The van der Waals surface area contributed by atoms with Crippen molar-refractivity contribution in [2.75, 3.05) is 11.9 Å². The van der Waals surface area contributed by atoms with Crippen LogP contribution < -0.4 is 5.32 Å². The molecule has 3 nitrogen and oxygen atoms in total. The van der Waals surface area contributed by atoms with E-state index in [0.717, 1.165) is 34.0 Å². The second-order valence-corrected chi connectivity index (χ2v) is 7.81. The van der Waals surface area contributed by atoms with Crippen LogP contribution in [0.1, 0.15) is 30.4 Å². The first-order valence-electron chi connectivity index (χ1n) is 9.54. The molecule has 0 amide bonds. The molecule has 0 aromatic heterocycles. The third kappa shape index (κ3) is 5.64. The Balaban J connectivity index is 1.58. The van der Waals surface area contributed by atoms with Crippen LogP contribution >= 0.6 is 11.8 Å². The number of rotatable bonds is 9. The first-order chi connectivity index (χ1) is 13.7. The van der Waals surface area contributed by atoms with Crippen LogP contribution in [-0.2, 0) is 11.2 Å². The normalized spacial score (nSPS) is 11.8. The monoisotopic (exact) mass is 391 g/mol. The van der Waals surface area contributed by atoms with E-state index in [1.165, 1.54) is 5.56 Å². The Morgan fingerprint density at radius 2 is 1.71 bits per heavy atom. The van der Waals surface area contributed by atoms with E-state index in [9.17, 15) is 9.90 Å². The van der Waals surface area contributed by atoms with Crippen LogP contribution in [0.25, 0.3) is 0 Å². The molecule has 0 aliphatic rings. The fraction of sp³-hybridized carbons (Fsp3) is 0.208. The molecule has 1 unspecified atom stereocenters. The van der Waals surface area contributed by atoms with Crippen molar-refractivity contribution in [3.05, 3.63) is 90.0 Å². The molecule has 4 heteroatoms. The number of aliphatic carboxylic acids is 1. The van der Waals surface area contributed by atoms with Crippen LogP contribution in [0.5, 0.6) is 0 Å². The quantitative estimate of drug-likeness (QED) is 0.465. The van der Waals surface area contributed by atoms with Gasteiger partial charge >= 0.3 is 5.97 Å². The molecule has 1 atom stereocenters. The molecule has 2 N–H and O–H groups in total. The maximum Gasteiger partial charge on any atom is 0.310 e. The summed E-state index contributed by atoms with van der Waals surface area (Å²) in [6, 6.07) is 26.7. The lowest BCUT2D eigenvalue weighted by molar-refractivity contribution is -0.138. The predicted octanol–water partition coefficient (Wildman–Crippen LogP) is 6.07. The van der Waals surface area contributed by atoms with Gasteiger partial charge in [0.05, 0.1) is 5.92 Å². The number of carboxylic acid groups (broad SMARTS) is 1. The molecule has 0 aliphatic carbocycles. The van der Waals surface area contributed by atoms with Gasteiger partial charge in [-0.15, -0.1) is 0 Å². The van der Waals surface area contributed by atoms with Crippen LogP contribution in [0.3, 0.4) is 0 Å². The number of carboxylic acids is 1. The fourth-order valence-corrected chi connectivity index (χ4v) is 4.00. The Hall–Kier alpha value is -2.72. The maximum absolute atomic E-state index is 11.3. The van der Waals surface area contributed by atoms with Gasteiger partial charge in [-0.3, -0.25) is 4.79 Å². The number of anilines is 1. The molecular weight excluding hydrogens is 366 g/mol. The number of nitrogens with one attached hydrogen (secondary N) is 1. The summed E-state index contributed by atoms with van der Waals surface area (Å²) in [4.78, 5) is 13.6. The van der Waals surface area contributed by atoms with Crippen molar-refractivity contribution < 1.29 is 9.90 Å². The molecule has 0 saturated heterocycles. The van der Waals surface area contributed by atoms with Gasteiger partial charge < -0.3 is 10.4 Å². The lowest BCUT2D eigenvalue weighted by Crippen LogP contribution is -2.10. The zero-order chi connectivity index (χ0) is 19.8. The van der Waals surface area contributed by atoms with Crippen molar-refractivity contribution in [1.29, 1.82) is 0 Å². The van der Waals surface area contributed by atoms with Crippen molar-refractivity contribution in [3.63, 3.8) is 0 Å². The molecule has 3 aromatic carbocycles. The molecular formula is C24H25NO2S. The molecule has 0 aliphatic heterocycles. The van der Waals surface area contributed by atoms with Crippen LogP contribution in [0.4, 0.5) is 5.69 Å². The average Bonchev–Trinajstić information content (AvgIpc) is 2.71. The molecule has 144 valence electrons. The molecule has 28 heavy (non-hydrogen) atoms. The Kier molecular flexibility index (Phi) is 7.15. The smallest absolute Gasteiger partial charge is 0.310 e. The molecule has 3 aromatic rings. The standard InChI is InChI=1S/C24H25NO2S/c1-2-23(24(26)27)19-11-13-21(14-12-19)28-22-10-6-9-20(17-22)25-16-15-18-7-4-3-5-8-18/h3-14,17,23,25H,2,15-16H2,1H3,(H,26,27). The summed E-state index contributed by atoms with van der Waals surface area (Å²) in [6.45, 7) is 2.79. The van der Waals surface area contributed by atoms with Gasteiger partial charge in [-0.1, -0.05) is 67.2 Å². The van der Waals surface area contributed by atoms with Gasteiger partial charge in [0.2, 0.25) is 0 Å². The topological polar surface area (TPSA) is 49.3 Å². The molecule has 0 bridgehead atoms. The predicted molar refractivity (Wildman–Crippen MR) is 116 cm³/mol. The minimum Gasteiger partial charge on any atom is -0.481 e. The summed E-state index contributed by atoms with van der Waals surface area (Å²) in [5, 5.41) is 12.8. The van der Waals surface area contributed by atoms with Gasteiger partial charge in [0, 0.05) is 22.0 Å². The van der Waals surface area contributed by atoms with Crippen molar-refractivity contribution in [2.24, 2.45) is 0 Å². The summed E-state index contributed by atoms with van der Waals surface area (Å²) >= 11 is 1.68. The molecule has 0 spiro atoms. The minimum atomic E-state index is -0.766. The van der Waals surface area contributed by atoms with Gasteiger partial charge in [0.25, 0.3) is 0 Å². The molecule has 0 saturated carbocycles. The third-order valence-electron chi connectivity index (χ3n) is 4.64. The summed E-state index contributed by atoms with van der Waals surface area (Å²) < 4.78 is 0.